The maximum Gasteiger partial charge on any atom is 0.326 e. The van der Waals surface area contributed by atoms with Crippen molar-refractivity contribution in [1.82, 2.24) is 5.32 Å². The third-order valence-electron chi connectivity index (χ3n) is 3.73. The third-order valence-corrected chi connectivity index (χ3v) is 3.73. The van der Waals surface area contributed by atoms with Crippen molar-refractivity contribution in [3.8, 4) is 0 Å². The summed E-state index contributed by atoms with van der Waals surface area (Å²) in [5.41, 5.74) is 1.95. The van der Waals surface area contributed by atoms with E-state index in [9.17, 15) is 14.7 Å². The fraction of sp³-hybridized carbons (Fsp3) is 0.263. The summed E-state index contributed by atoms with van der Waals surface area (Å²) in [5, 5.41) is 12.0. The Morgan fingerprint density at radius 2 is 1.39 bits per heavy atom. The standard InChI is InChI=1S/C19H21NO3/c1-14(12-15-8-4-2-5-9-15)18(21)20-17(19(22)23)13-16-10-6-3-7-11-16/h2-11,14,17H,12-13H2,1H3,(H,20,21)(H,22,23)/t14-,17-/m1/s1. The minimum absolute atomic E-state index is 0.239. The first-order valence-corrected chi connectivity index (χ1v) is 7.67. The molecule has 4 heteroatoms. The zero-order valence-electron chi connectivity index (χ0n) is 13.1. The second-order valence-corrected chi connectivity index (χ2v) is 5.68. The summed E-state index contributed by atoms with van der Waals surface area (Å²) in [5.74, 6) is -1.54. The lowest BCUT2D eigenvalue weighted by Crippen LogP contribution is -2.44. The quantitative estimate of drug-likeness (QED) is 0.826. The third kappa shape index (κ3) is 5.25. The second-order valence-electron chi connectivity index (χ2n) is 5.68. The number of rotatable bonds is 7. The van der Waals surface area contributed by atoms with E-state index in [-0.39, 0.29) is 18.2 Å². The predicted octanol–water partition coefficient (Wildman–Crippen LogP) is 2.68. The maximum absolute atomic E-state index is 12.3. The molecule has 2 N–H and O–H groups in total. The number of carboxylic acids is 1. The van der Waals surface area contributed by atoms with Gasteiger partial charge in [0.15, 0.2) is 0 Å². The summed E-state index contributed by atoms with van der Waals surface area (Å²) >= 11 is 0. The van der Waals surface area contributed by atoms with Crippen molar-refractivity contribution in [2.75, 3.05) is 0 Å². The number of benzene rings is 2. The summed E-state index contributed by atoms with van der Waals surface area (Å²) < 4.78 is 0. The van der Waals surface area contributed by atoms with Gasteiger partial charge in [-0.3, -0.25) is 4.79 Å². The van der Waals surface area contributed by atoms with Crippen molar-refractivity contribution in [2.24, 2.45) is 5.92 Å². The van der Waals surface area contributed by atoms with Crippen molar-refractivity contribution in [3.05, 3.63) is 71.8 Å². The first-order chi connectivity index (χ1) is 11.1. The van der Waals surface area contributed by atoms with E-state index in [1.54, 1.807) is 0 Å². The van der Waals surface area contributed by atoms with Crippen LogP contribution in [-0.2, 0) is 22.4 Å². The fourth-order valence-corrected chi connectivity index (χ4v) is 2.42. The van der Waals surface area contributed by atoms with E-state index >= 15 is 0 Å². The topological polar surface area (TPSA) is 66.4 Å². The van der Waals surface area contributed by atoms with Gasteiger partial charge in [0.05, 0.1) is 0 Å². The Morgan fingerprint density at radius 1 is 0.913 bits per heavy atom. The Labute approximate surface area is 136 Å². The minimum atomic E-state index is -1.02. The summed E-state index contributed by atoms with van der Waals surface area (Å²) in [6, 6.07) is 18.1. The van der Waals surface area contributed by atoms with Crippen LogP contribution in [0.3, 0.4) is 0 Å². The van der Waals surface area contributed by atoms with Crippen LogP contribution >= 0.6 is 0 Å². The van der Waals surface area contributed by atoms with Gasteiger partial charge in [-0.25, -0.2) is 4.79 Å². The van der Waals surface area contributed by atoms with E-state index in [1.165, 1.54) is 0 Å². The Bertz CT molecular complexity index is 640. The summed E-state index contributed by atoms with van der Waals surface area (Å²) in [4.78, 5) is 23.7. The lowest BCUT2D eigenvalue weighted by atomic mass is 9.99. The van der Waals surface area contributed by atoms with Crippen molar-refractivity contribution < 1.29 is 14.7 Å². The lowest BCUT2D eigenvalue weighted by Gasteiger charge is -2.18. The largest absolute Gasteiger partial charge is 0.480 e. The molecule has 0 fully saturated rings. The maximum atomic E-state index is 12.3. The van der Waals surface area contributed by atoms with Gasteiger partial charge in [0.2, 0.25) is 5.91 Å². The Morgan fingerprint density at radius 3 is 1.87 bits per heavy atom. The fourth-order valence-electron chi connectivity index (χ4n) is 2.42. The van der Waals surface area contributed by atoms with Gasteiger partial charge in [-0.2, -0.15) is 0 Å². The molecule has 0 unspecified atom stereocenters. The number of carbonyl (C=O) groups excluding carboxylic acids is 1. The number of carbonyl (C=O) groups is 2. The van der Waals surface area contributed by atoms with Gasteiger partial charge >= 0.3 is 5.97 Å². The zero-order chi connectivity index (χ0) is 16.7. The van der Waals surface area contributed by atoms with E-state index in [4.69, 9.17) is 0 Å². The molecule has 1 amide bonds. The van der Waals surface area contributed by atoms with Gasteiger partial charge in [0, 0.05) is 12.3 Å². The number of hydrogen-bond donors (Lipinski definition) is 2. The molecule has 0 aliphatic rings. The van der Waals surface area contributed by atoms with Crippen molar-refractivity contribution in [2.45, 2.75) is 25.8 Å². The molecule has 4 nitrogen and oxygen atoms in total. The number of carboxylic acid groups (broad SMARTS) is 1. The van der Waals surface area contributed by atoms with Gasteiger partial charge in [0.25, 0.3) is 0 Å². The first-order valence-electron chi connectivity index (χ1n) is 7.67. The van der Waals surface area contributed by atoms with Gasteiger partial charge in [-0.1, -0.05) is 67.6 Å². The first kappa shape index (κ1) is 16.7. The highest BCUT2D eigenvalue weighted by molar-refractivity contribution is 5.85. The zero-order valence-corrected chi connectivity index (χ0v) is 13.1. The second kappa shape index (κ2) is 8.13. The molecule has 0 saturated carbocycles. The average molecular weight is 311 g/mol. The van der Waals surface area contributed by atoms with Crippen LogP contribution in [0.25, 0.3) is 0 Å². The number of hydrogen-bond acceptors (Lipinski definition) is 2. The smallest absolute Gasteiger partial charge is 0.326 e. The van der Waals surface area contributed by atoms with Crippen LogP contribution < -0.4 is 5.32 Å². The Kier molecular flexibility index (Phi) is 5.92. The minimum Gasteiger partial charge on any atom is -0.480 e. The monoisotopic (exact) mass is 311 g/mol. The van der Waals surface area contributed by atoms with E-state index in [1.807, 2.05) is 67.6 Å². The molecule has 0 saturated heterocycles. The number of aliphatic carboxylic acids is 1. The van der Waals surface area contributed by atoms with Gasteiger partial charge in [-0.15, -0.1) is 0 Å². The highest BCUT2D eigenvalue weighted by Gasteiger charge is 2.23. The molecule has 0 aromatic heterocycles. The summed E-state index contributed by atoms with van der Waals surface area (Å²) in [7, 11) is 0. The molecule has 23 heavy (non-hydrogen) atoms. The highest BCUT2D eigenvalue weighted by Crippen LogP contribution is 2.10. The predicted molar refractivity (Wildman–Crippen MR) is 89.0 cm³/mol. The molecule has 0 spiro atoms. The van der Waals surface area contributed by atoms with Gasteiger partial charge < -0.3 is 10.4 Å². The van der Waals surface area contributed by atoms with E-state index in [2.05, 4.69) is 5.32 Å². The molecule has 0 aliphatic carbocycles. The van der Waals surface area contributed by atoms with E-state index in [0.717, 1.165) is 11.1 Å². The number of amides is 1. The van der Waals surface area contributed by atoms with Gasteiger partial charge in [0.1, 0.15) is 6.04 Å². The van der Waals surface area contributed by atoms with Crippen molar-refractivity contribution in [3.63, 3.8) is 0 Å². The normalized spacial score (nSPS) is 13.1. The van der Waals surface area contributed by atoms with Crippen molar-refractivity contribution >= 4 is 11.9 Å². The number of nitrogens with one attached hydrogen (secondary N) is 1. The van der Waals surface area contributed by atoms with Gasteiger partial charge in [-0.05, 0) is 17.5 Å². The molecule has 0 bridgehead atoms. The van der Waals surface area contributed by atoms with Crippen LogP contribution in [0.5, 0.6) is 0 Å². The van der Waals surface area contributed by atoms with Crippen LogP contribution in [0.2, 0.25) is 0 Å². The molecule has 0 heterocycles. The molecule has 0 aliphatic heterocycles. The molecular weight excluding hydrogens is 290 g/mol. The summed E-state index contributed by atoms with van der Waals surface area (Å²) in [6.45, 7) is 1.81. The SMILES string of the molecule is C[C@H](Cc1ccccc1)C(=O)N[C@H](Cc1ccccc1)C(=O)O. The van der Waals surface area contributed by atoms with Crippen LogP contribution in [-0.4, -0.2) is 23.0 Å². The molecule has 2 aromatic rings. The van der Waals surface area contributed by atoms with Crippen LogP contribution in [0.1, 0.15) is 18.1 Å². The van der Waals surface area contributed by atoms with Crippen LogP contribution in [0.15, 0.2) is 60.7 Å². The lowest BCUT2D eigenvalue weighted by molar-refractivity contribution is -0.142. The molecule has 2 aromatic carbocycles. The molecule has 2 rings (SSSR count). The molecular formula is C19H21NO3. The van der Waals surface area contributed by atoms with Crippen LogP contribution in [0.4, 0.5) is 0 Å². The highest BCUT2D eigenvalue weighted by atomic mass is 16.4. The van der Waals surface area contributed by atoms with E-state index in [0.29, 0.717) is 6.42 Å². The Balaban J connectivity index is 1.96. The van der Waals surface area contributed by atoms with Crippen molar-refractivity contribution in [1.29, 1.82) is 0 Å². The van der Waals surface area contributed by atoms with E-state index < -0.39 is 12.0 Å². The molecule has 120 valence electrons. The average Bonchev–Trinajstić information content (AvgIpc) is 2.56. The molecule has 2 atom stereocenters. The molecule has 0 radical (unpaired) electrons. The van der Waals surface area contributed by atoms with Crippen LogP contribution in [0, 0.1) is 5.92 Å². The summed E-state index contributed by atoms with van der Waals surface area (Å²) in [6.07, 6.45) is 0.865. The Hall–Kier alpha value is -2.62.